The minimum atomic E-state index is -0.0148. The molecule has 2 aromatic rings. The first-order chi connectivity index (χ1) is 12.5. The van der Waals surface area contributed by atoms with Crippen LogP contribution in [0.5, 0.6) is 0 Å². The molecule has 140 valence electrons. The quantitative estimate of drug-likeness (QED) is 0.898. The molecule has 1 saturated heterocycles. The number of aromatic nitrogens is 3. The topological polar surface area (TPSA) is 65.1 Å². The van der Waals surface area contributed by atoms with Gasteiger partial charge in [0.2, 0.25) is 0 Å². The lowest BCUT2D eigenvalue weighted by Crippen LogP contribution is -2.57. The number of hydrogen-bond donors (Lipinski definition) is 1. The number of nitrogens with zero attached hydrogens (tertiary/aromatic N) is 4. The first kappa shape index (κ1) is 17.7. The van der Waals surface area contributed by atoms with E-state index in [1.807, 2.05) is 25.1 Å². The molecule has 0 atom stereocenters. The molecule has 1 amide bonds. The first-order valence-corrected chi connectivity index (χ1v) is 10.4. The van der Waals surface area contributed by atoms with E-state index in [9.17, 15) is 4.79 Å². The Kier molecular flexibility index (Phi) is 4.61. The zero-order chi connectivity index (χ0) is 18.3. The van der Waals surface area contributed by atoms with Crippen LogP contribution in [0.2, 0.25) is 0 Å². The monoisotopic (exact) mass is 373 g/mol. The van der Waals surface area contributed by atoms with Crippen molar-refractivity contribution in [3.05, 3.63) is 33.3 Å². The van der Waals surface area contributed by atoms with Gasteiger partial charge in [-0.3, -0.25) is 9.69 Å². The van der Waals surface area contributed by atoms with Crippen LogP contribution >= 0.6 is 11.3 Å². The molecule has 4 heterocycles. The molecule has 0 aromatic carbocycles. The van der Waals surface area contributed by atoms with Gasteiger partial charge >= 0.3 is 0 Å². The molecule has 1 N–H and O–H groups in total. The molecular weight excluding hydrogens is 346 g/mol. The number of imidazole rings is 1. The van der Waals surface area contributed by atoms with Crippen molar-refractivity contribution in [2.24, 2.45) is 0 Å². The van der Waals surface area contributed by atoms with Gasteiger partial charge in [0, 0.05) is 31.7 Å². The van der Waals surface area contributed by atoms with Crippen LogP contribution in [0, 0.1) is 13.8 Å². The minimum absolute atomic E-state index is 0.0148. The highest BCUT2D eigenvalue weighted by Crippen LogP contribution is 2.42. The molecule has 1 fully saturated rings. The summed E-state index contributed by atoms with van der Waals surface area (Å²) in [5.74, 6) is 0.142. The highest BCUT2D eigenvalue weighted by molar-refractivity contribution is 7.13. The van der Waals surface area contributed by atoms with Gasteiger partial charge < -0.3 is 9.88 Å². The number of carbonyl (C=O) groups excluding carboxylic acids is 1. The summed E-state index contributed by atoms with van der Waals surface area (Å²) in [6.07, 6.45) is 5.92. The Balaban J connectivity index is 1.56. The van der Waals surface area contributed by atoms with E-state index in [-0.39, 0.29) is 11.4 Å². The van der Waals surface area contributed by atoms with Crippen LogP contribution in [0.1, 0.15) is 57.9 Å². The van der Waals surface area contributed by atoms with E-state index in [2.05, 4.69) is 21.8 Å². The van der Waals surface area contributed by atoms with Crippen molar-refractivity contribution in [1.82, 2.24) is 24.8 Å². The third-order valence-electron chi connectivity index (χ3n) is 5.87. The third-order valence-corrected chi connectivity index (χ3v) is 6.93. The Labute approximate surface area is 158 Å². The summed E-state index contributed by atoms with van der Waals surface area (Å²) in [5.41, 5.74) is 3.34. The van der Waals surface area contributed by atoms with Gasteiger partial charge in [0.1, 0.15) is 4.88 Å². The molecule has 2 aromatic heterocycles. The molecular formula is C19H27N5OS. The fourth-order valence-electron chi connectivity index (χ4n) is 4.62. The van der Waals surface area contributed by atoms with Crippen molar-refractivity contribution in [3.63, 3.8) is 0 Å². The van der Waals surface area contributed by atoms with Crippen molar-refractivity contribution >= 4 is 17.2 Å². The summed E-state index contributed by atoms with van der Waals surface area (Å²) in [4.78, 5) is 30.8. The predicted molar refractivity (Wildman–Crippen MR) is 103 cm³/mol. The number of hydrogen-bond acceptors (Lipinski definition) is 5. The average molecular weight is 374 g/mol. The Hall–Kier alpha value is -1.73. The van der Waals surface area contributed by atoms with Gasteiger partial charge in [-0.2, -0.15) is 0 Å². The molecule has 0 aliphatic carbocycles. The number of aromatic amines is 1. The van der Waals surface area contributed by atoms with Crippen molar-refractivity contribution in [2.75, 3.05) is 26.2 Å². The van der Waals surface area contributed by atoms with Crippen LogP contribution in [0.15, 0.2) is 6.33 Å². The summed E-state index contributed by atoms with van der Waals surface area (Å²) in [6.45, 7) is 9.86. The highest BCUT2D eigenvalue weighted by Gasteiger charge is 2.47. The molecule has 26 heavy (non-hydrogen) atoms. The zero-order valence-corrected chi connectivity index (χ0v) is 16.7. The van der Waals surface area contributed by atoms with Crippen LogP contribution in [-0.2, 0) is 12.0 Å². The number of piperidine rings is 1. The predicted octanol–water partition coefficient (Wildman–Crippen LogP) is 2.88. The molecule has 0 radical (unpaired) electrons. The lowest BCUT2D eigenvalue weighted by atomic mass is 9.78. The normalized spacial score (nSPS) is 19.7. The molecule has 2 aliphatic rings. The van der Waals surface area contributed by atoms with Gasteiger partial charge in [-0.25, -0.2) is 9.97 Å². The van der Waals surface area contributed by atoms with Gasteiger partial charge in [0.05, 0.1) is 28.3 Å². The van der Waals surface area contributed by atoms with Crippen molar-refractivity contribution in [2.45, 2.75) is 52.0 Å². The maximum absolute atomic E-state index is 13.0. The van der Waals surface area contributed by atoms with Crippen molar-refractivity contribution < 1.29 is 4.79 Å². The maximum Gasteiger partial charge on any atom is 0.265 e. The van der Waals surface area contributed by atoms with Gasteiger partial charge in [0.15, 0.2) is 0 Å². The summed E-state index contributed by atoms with van der Waals surface area (Å²) >= 11 is 1.51. The molecule has 6 nitrogen and oxygen atoms in total. The summed E-state index contributed by atoms with van der Waals surface area (Å²) < 4.78 is 0. The van der Waals surface area contributed by atoms with E-state index in [0.29, 0.717) is 0 Å². The highest BCUT2D eigenvalue weighted by atomic mass is 32.1. The molecule has 0 bridgehead atoms. The average Bonchev–Trinajstić information content (AvgIpc) is 3.24. The summed E-state index contributed by atoms with van der Waals surface area (Å²) in [6, 6.07) is 0. The second kappa shape index (κ2) is 6.78. The largest absolute Gasteiger partial charge is 0.348 e. The Morgan fingerprint density at radius 3 is 2.73 bits per heavy atom. The van der Waals surface area contributed by atoms with E-state index >= 15 is 0 Å². The second-order valence-corrected chi connectivity index (χ2v) is 8.64. The molecule has 2 aliphatic heterocycles. The van der Waals surface area contributed by atoms with E-state index in [1.54, 1.807) is 0 Å². The lowest BCUT2D eigenvalue weighted by Gasteiger charge is -2.50. The number of rotatable bonds is 3. The first-order valence-electron chi connectivity index (χ1n) is 9.56. The zero-order valence-electron chi connectivity index (χ0n) is 15.8. The number of likely N-dealkylation sites (tertiary alicyclic amines) is 1. The third kappa shape index (κ3) is 2.77. The SMILES string of the molecule is CCCN1CCc2[nH]cnc2C12CCN(C(=O)c1sc(C)nc1C)CC2. The molecule has 0 unspecified atom stereocenters. The van der Waals surface area contributed by atoms with E-state index < -0.39 is 0 Å². The van der Waals surface area contributed by atoms with Gasteiger partial charge in [-0.15, -0.1) is 11.3 Å². The lowest BCUT2D eigenvalue weighted by molar-refractivity contribution is 0.00721. The van der Waals surface area contributed by atoms with Crippen LogP contribution < -0.4 is 0 Å². The van der Waals surface area contributed by atoms with E-state index in [1.165, 1.54) is 22.7 Å². The van der Waals surface area contributed by atoms with E-state index in [4.69, 9.17) is 4.98 Å². The smallest absolute Gasteiger partial charge is 0.265 e. The molecule has 0 saturated carbocycles. The molecule has 1 spiro atoms. The second-order valence-electron chi connectivity index (χ2n) is 7.44. The number of thiazole rings is 1. The van der Waals surface area contributed by atoms with E-state index in [0.717, 1.165) is 67.4 Å². The number of amides is 1. The van der Waals surface area contributed by atoms with Crippen LogP contribution in [0.25, 0.3) is 0 Å². The van der Waals surface area contributed by atoms with Gasteiger partial charge in [-0.05, 0) is 39.7 Å². The van der Waals surface area contributed by atoms with Crippen molar-refractivity contribution in [1.29, 1.82) is 0 Å². The number of carbonyl (C=O) groups is 1. The minimum Gasteiger partial charge on any atom is -0.348 e. The Morgan fingerprint density at radius 1 is 1.31 bits per heavy atom. The number of nitrogens with one attached hydrogen (secondary N) is 1. The number of fused-ring (bicyclic) bond motifs is 2. The summed E-state index contributed by atoms with van der Waals surface area (Å²) in [5, 5.41) is 0.960. The van der Waals surface area contributed by atoms with Crippen LogP contribution in [-0.4, -0.2) is 56.8 Å². The van der Waals surface area contributed by atoms with Crippen LogP contribution in [0.3, 0.4) is 0 Å². The Morgan fingerprint density at radius 2 is 2.08 bits per heavy atom. The van der Waals surface area contributed by atoms with Gasteiger partial charge in [-0.1, -0.05) is 6.92 Å². The number of aryl methyl sites for hydroxylation is 2. The molecule has 7 heteroatoms. The maximum atomic E-state index is 13.0. The summed E-state index contributed by atoms with van der Waals surface area (Å²) in [7, 11) is 0. The fourth-order valence-corrected chi connectivity index (χ4v) is 5.51. The number of H-pyrrole nitrogens is 1. The van der Waals surface area contributed by atoms with Crippen LogP contribution in [0.4, 0.5) is 0 Å². The standard InChI is InChI=1S/C19H27N5OS/c1-4-8-24-9-5-15-17(21-12-20-15)19(24)6-10-23(11-7-19)18(25)16-13(2)22-14(3)26-16/h12H,4-11H2,1-3H3,(H,20,21). The fraction of sp³-hybridized carbons (Fsp3) is 0.632. The molecule has 4 rings (SSSR count). The van der Waals surface area contributed by atoms with Crippen molar-refractivity contribution in [3.8, 4) is 0 Å². The Bertz CT molecular complexity index is 803. The van der Waals surface area contributed by atoms with Gasteiger partial charge in [0.25, 0.3) is 5.91 Å².